The van der Waals surface area contributed by atoms with E-state index >= 15 is 0 Å². The molecule has 1 heterocycles. The van der Waals surface area contributed by atoms with E-state index in [1.165, 1.54) is 6.07 Å². The molecule has 3 rings (SSSR count). The molecule has 0 unspecified atom stereocenters. The van der Waals surface area contributed by atoms with Crippen LogP contribution in [0.2, 0.25) is 0 Å². The number of benzene rings is 2. The zero-order valence-electron chi connectivity index (χ0n) is 13.1. The number of rotatable bonds is 4. The van der Waals surface area contributed by atoms with Crippen molar-refractivity contribution in [3.8, 4) is 0 Å². The van der Waals surface area contributed by atoms with Crippen molar-refractivity contribution in [1.29, 1.82) is 0 Å². The van der Waals surface area contributed by atoms with E-state index in [4.69, 9.17) is 0 Å². The van der Waals surface area contributed by atoms with Gasteiger partial charge in [0.25, 0.3) is 5.91 Å². The van der Waals surface area contributed by atoms with Crippen LogP contribution >= 0.6 is 0 Å². The Hall–Kier alpha value is -2.53. The van der Waals surface area contributed by atoms with Crippen LogP contribution in [-0.4, -0.2) is 43.0 Å². The Morgan fingerprint density at radius 1 is 1.13 bits per heavy atom. The minimum absolute atomic E-state index is 0.194. The van der Waals surface area contributed by atoms with Crippen molar-refractivity contribution in [2.24, 2.45) is 0 Å². The third-order valence-electron chi connectivity index (χ3n) is 3.71. The zero-order valence-corrected chi connectivity index (χ0v) is 13.1. The van der Waals surface area contributed by atoms with Gasteiger partial charge in [0.05, 0.1) is 11.1 Å². The van der Waals surface area contributed by atoms with Crippen molar-refractivity contribution in [1.82, 2.24) is 15.2 Å². The van der Waals surface area contributed by atoms with Gasteiger partial charge in [0.1, 0.15) is 11.3 Å². The fourth-order valence-electron chi connectivity index (χ4n) is 2.52. The molecule has 0 radical (unpaired) electrons. The summed E-state index contributed by atoms with van der Waals surface area (Å²) in [5.74, 6) is -0.576. The Labute approximate surface area is 133 Å². The third kappa shape index (κ3) is 3.14. The molecule has 5 heteroatoms. The number of halogens is 1. The lowest BCUT2D eigenvalue weighted by molar-refractivity contribution is 0.0952. The number of nitrogens with zero attached hydrogens (tertiary/aromatic N) is 2. The van der Waals surface area contributed by atoms with Crippen LogP contribution in [0.3, 0.4) is 0 Å². The molecule has 0 fully saturated rings. The summed E-state index contributed by atoms with van der Waals surface area (Å²) in [6.07, 6.45) is 0. The van der Waals surface area contributed by atoms with Crippen molar-refractivity contribution < 1.29 is 9.18 Å². The number of fused-ring (bicyclic) bond motifs is 2. The molecule has 0 spiro atoms. The molecule has 2 aromatic carbocycles. The van der Waals surface area contributed by atoms with Gasteiger partial charge in [-0.15, -0.1) is 0 Å². The fourth-order valence-corrected chi connectivity index (χ4v) is 2.52. The quantitative estimate of drug-likeness (QED) is 0.754. The van der Waals surface area contributed by atoms with E-state index in [0.717, 1.165) is 17.3 Å². The average Bonchev–Trinajstić information content (AvgIpc) is 2.52. The van der Waals surface area contributed by atoms with E-state index in [2.05, 4.69) is 10.3 Å². The second-order valence-electron chi connectivity index (χ2n) is 5.74. The number of nitrogens with one attached hydrogen (secondary N) is 1. The number of aromatic nitrogens is 1. The average molecular weight is 311 g/mol. The molecule has 4 nitrogen and oxygen atoms in total. The highest BCUT2D eigenvalue weighted by atomic mass is 19.1. The lowest BCUT2D eigenvalue weighted by atomic mass is 10.1. The molecule has 1 amide bonds. The molecular weight excluding hydrogens is 293 g/mol. The summed E-state index contributed by atoms with van der Waals surface area (Å²) in [5, 5.41) is 4.42. The van der Waals surface area contributed by atoms with Gasteiger partial charge in [-0.25, -0.2) is 9.37 Å². The number of likely N-dealkylation sites (N-methyl/N-ethyl adjacent to an activating group) is 1. The van der Waals surface area contributed by atoms with Crippen molar-refractivity contribution in [2.75, 3.05) is 27.2 Å². The summed E-state index contributed by atoms with van der Waals surface area (Å²) in [6.45, 7) is 1.30. The van der Waals surface area contributed by atoms with E-state index in [1.807, 2.05) is 43.3 Å². The highest BCUT2D eigenvalue weighted by Crippen LogP contribution is 2.24. The highest BCUT2D eigenvalue weighted by Gasteiger charge is 2.13. The summed E-state index contributed by atoms with van der Waals surface area (Å²) in [4.78, 5) is 18.8. The first-order chi connectivity index (χ1) is 11.1. The van der Waals surface area contributed by atoms with Gasteiger partial charge >= 0.3 is 0 Å². The van der Waals surface area contributed by atoms with Gasteiger partial charge in [-0.3, -0.25) is 4.79 Å². The van der Waals surface area contributed by atoms with Crippen LogP contribution in [0.1, 0.15) is 10.4 Å². The minimum Gasteiger partial charge on any atom is -0.351 e. The molecule has 0 atom stereocenters. The van der Waals surface area contributed by atoms with Crippen LogP contribution in [0.15, 0.2) is 42.5 Å². The van der Waals surface area contributed by atoms with E-state index in [0.29, 0.717) is 17.6 Å². The lowest BCUT2D eigenvalue weighted by Gasteiger charge is -2.11. The van der Waals surface area contributed by atoms with Crippen LogP contribution in [-0.2, 0) is 0 Å². The largest absolute Gasteiger partial charge is 0.351 e. The van der Waals surface area contributed by atoms with Gasteiger partial charge in [0.2, 0.25) is 0 Å². The van der Waals surface area contributed by atoms with Crippen molar-refractivity contribution in [3.63, 3.8) is 0 Å². The molecule has 0 aliphatic rings. The first-order valence-corrected chi connectivity index (χ1v) is 7.47. The highest BCUT2D eigenvalue weighted by molar-refractivity contribution is 6.07. The number of pyridine rings is 1. The maximum Gasteiger partial charge on any atom is 0.253 e. The molecule has 118 valence electrons. The lowest BCUT2D eigenvalue weighted by Crippen LogP contribution is -2.31. The summed E-state index contributed by atoms with van der Waals surface area (Å²) in [7, 11) is 3.89. The van der Waals surface area contributed by atoms with E-state index in [-0.39, 0.29) is 17.2 Å². The second-order valence-corrected chi connectivity index (χ2v) is 5.74. The Morgan fingerprint density at radius 3 is 2.57 bits per heavy atom. The molecule has 1 N–H and O–H groups in total. The summed E-state index contributed by atoms with van der Waals surface area (Å²) in [5.41, 5.74) is 1.27. The first-order valence-electron chi connectivity index (χ1n) is 7.47. The molecule has 3 aromatic rings. The molecule has 0 aliphatic carbocycles. The maximum atomic E-state index is 14.0. The van der Waals surface area contributed by atoms with Crippen LogP contribution in [0.4, 0.5) is 4.39 Å². The molecule has 23 heavy (non-hydrogen) atoms. The monoisotopic (exact) mass is 311 g/mol. The minimum atomic E-state index is -0.382. The predicted molar refractivity (Wildman–Crippen MR) is 90.1 cm³/mol. The van der Waals surface area contributed by atoms with E-state index < -0.39 is 0 Å². The number of hydrogen-bond donors (Lipinski definition) is 1. The Balaban J connectivity index is 2.03. The topological polar surface area (TPSA) is 45.2 Å². The molecule has 0 saturated carbocycles. The SMILES string of the molecule is CN(C)CCNC(=O)c1cccc2cc3cccc(F)c3nc12. The number of carbonyl (C=O) groups excluding carboxylic acids is 1. The van der Waals surface area contributed by atoms with Gasteiger partial charge < -0.3 is 10.2 Å². The number of amides is 1. The molecular formula is C18H18FN3O. The van der Waals surface area contributed by atoms with E-state index in [1.54, 1.807) is 12.1 Å². The van der Waals surface area contributed by atoms with Crippen LogP contribution < -0.4 is 5.32 Å². The number of hydrogen-bond acceptors (Lipinski definition) is 3. The van der Waals surface area contributed by atoms with E-state index in [9.17, 15) is 9.18 Å². The van der Waals surface area contributed by atoms with Crippen molar-refractivity contribution in [3.05, 3.63) is 53.8 Å². The van der Waals surface area contributed by atoms with Crippen LogP contribution in [0.5, 0.6) is 0 Å². The molecule has 0 saturated heterocycles. The molecule has 0 bridgehead atoms. The molecule has 1 aromatic heterocycles. The van der Waals surface area contributed by atoms with Gasteiger partial charge in [0.15, 0.2) is 0 Å². The normalized spacial score (nSPS) is 11.3. The maximum absolute atomic E-state index is 14.0. The van der Waals surface area contributed by atoms with Crippen molar-refractivity contribution in [2.45, 2.75) is 0 Å². The standard InChI is InChI=1S/C18H18FN3O/c1-22(2)10-9-20-18(23)14-7-3-5-12-11-13-6-4-8-15(19)17(13)21-16(12)14/h3-8,11H,9-10H2,1-2H3,(H,20,23). The zero-order chi connectivity index (χ0) is 16.4. The summed E-state index contributed by atoms with van der Waals surface area (Å²) < 4.78 is 14.0. The Kier molecular flexibility index (Phi) is 4.21. The summed E-state index contributed by atoms with van der Waals surface area (Å²) in [6, 6.07) is 12.1. The third-order valence-corrected chi connectivity index (χ3v) is 3.71. The van der Waals surface area contributed by atoms with Gasteiger partial charge in [-0.1, -0.05) is 24.3 Å². The number of para-hydroxylation sites is 2. The smallest absolute Gasteiger partial charge is 0.253 e. The van der Waals surface area contributed by atoms with Crippen LogP contribution in [0.25, 0.3) is 21.8 Å². The summed E-state index contributed by atoms with van der Waals surface area (Å²) >= 11 is 0. The fraction of sp³-hybridized carbons (Fsp3) is 0.222. The Bertz CT molecular complexity index is 877. The Morgan fingerprint density at radius 2 is 1.83 bits per heavy atom. The predicted octanol–water partition coefficient (Wildman–Crippen LogP) is 2.82. The first kappa shape index (κ1) is 15.4. The number of carbonyl (C=O) groups is 1. The van der Waals surface area contributed by atoms with Crippen LogP contribution in [0, 0.1) is 5.82 Å². The van der Waals surface area contributed by atoms with Crippen molar-refractivity contribution >= 4 is 27.7 Å². The second kappa shape index (κ2) is 6.30. The molecule has 0 aliphatic heterocycles. The van der Waals surface area contributed by atoms with Gasteiger partial charge in [-0.05, 0) is 32.3 Å². The van der Waals surface area contributed by atoms with Gasteiger partial charge in [-0.2, -0.15) is 0 Å². The van der Waals surface area contributed by atoms with Gasteiger partial charge in [0, 0.05) is 23.9 Å².